The Balaban J connectivity index is 2.08. The van der Waals surface area contributed by atoms with Crippen molar-refractivity contribution in [3.05, 3.63) is 35.4 Å². The quantitative estimate of drug-likeness (QED) is 0.912. The summed E-state index contributed by atoms with van der Waals surface area (Å²) in [5.41, 5.74) is 6.46. The molecule has 0 saturated heterocycles. The number of nitrogens with two attached hydrogens (primary N) is 1. The molecule has 2 N–H and O–H groups in total. The predicted molar refractivity (Wildman–Crippen MR) is 72.8 cm³/mol. The van der Waals surface area contributed by atoms with E-state index in [1.54, 1.807) is 6.07 Å². The zero-order chi connectivity index (χ0) is 14.0. The molecule has 0 bridgehead atoms. The van der Waals surface area contributed by atoms with Gasteiger partial charge in [-0.05, 0) is 45.7 Å². The molecular formula is C15H22F2N2. The van der Waals surface area contributed by atoms with E-state index in [4.69, 9.17) is 5.73 Å². The van der Waals surface area contributed by atoms with Crippen molar-refractivity contribution < 1.29 is 8.78 Å². The second-order valence-electron chi connectivity index (χ2n) is 5.58. The Kier molecular flexibility index (Phi) is 4.53. The third kappa shape index (κ3) is 3.31. The number of nitrogens with zero attached hydrogens (tertiary/aromatic N) is 1. The lowest BCUT2D eigenvalue weighted by Crippen LogP contribution is -2.40. The maximum Gasteiger partial charge on any atom is 0.130 e. The number of hydrogen-bond acceptors (Lipinski definition) is 2. The van der Waals surface area contributed by atoms with Crippen LogP contribution in [0.4, 0.5) is 8.78 Å². The van der Waals surface area contributed by atoms with E-state index >= 15 is 0 Å². The van der Waals surface area contributed by atoms with Gasteiger partial charge in [0.2, 0.25) is 0 Å². The Labute approximate surface area is 113 Å². The molecule has 1 aliphatic carbocycles. The van der Waals surface area contributed by atoms with Gasteiger partial charge in [-0.25, -0.2) is 8.78 Å². The molecule has 1 saturated carbocycles. The van der Waals surface area contributed by atoms with E-state index in [-0.39, 0.29) is 6.04 Å². The van der Waals surface area contributed by atoms with Crippen LogP contribution in [-0.4, -0.2) is 24.0 Å². The monoisotopic (exact) mass is 268 g/mol. The molecule has 2 rings (SSSR count). The van der Waals surface area contributed by atoms with E-state index in [0.717, 1.165) is 31.7 Å². The first-order chi connectivity index (χ1) is 8.99. The second kappa shape index (κ2) is 5.97. The van der Waals surface area contributed by atoms with Crippen molar-refractivity contribution in [2.45, 2.75) is 50.7 Å². The lowest BCUT2D eigenvalue weighted by Gasteiger charge is -2.37. The second-order valence-corrected chi connectivity index (χ2v) is 5.58. The van der Waals surface area contributed by atoms with Crippen molar-refractivity contribution in [3.8, 4) is 0 Å². The predicted octanol–water partition coefficient (Wildman–Crippen LogP) is 3.23. The minimum atomic E-state index is -0.528. The summed E-state index contributed by atoms with van der Waals surface area (Å²) in [5.74, 6) is -0.994. The van der Waals surface area contributed by atoms with E-state index in [2.05, 4.69) is 4.90 Å². The Bertz CT molecular complexity index is 428. The Morgan fingerprint density at radius 1 is 1.21 bits per heavy atom. The minimum absolute atomic E-state index is 0.0556. The topological polar surface area (TPSA) is 29.3 Å². The Morgan fingerprint density at radius 2 is 1.84 bits per heavy atom. The van der Waals surface area contributed by atoms with Crippen LogP contribution in [0, 0.1) is 11.6 Å². The van der Waals surface area contributed by atoms with Crippen LogP contribution in [0.25, 0.3) is 0 Å². The standard InChI is InChI=1S/C15H22F2N2/c1-10(14-8-3-11(16)9-15(14)17)19(2)13-6-4-12(18)5-7-13/h3,8-10,12-13H,4-7,18H2,1-2H3. The maximum atomic E-state index is 13.8. The number of benzene rings is 1. The molecule has 19 heavy (non-hydrogen) atoms. The Hall–Kier alpha value is -1.00. The molecule has 0 spiro atoms. The van der Waals surface area contributed by atoms with Crippen LogP contribution < -0.4 is 5.73 Å². The summed E-state index contributed by atoms with van der Waals surface area (Å²) in [6, 6.07) is 4.50. The summed E-state index contributed by atoms with van der Waals surface area (Å²) < 4.78 is 26.7. The van der Waals surface area contributed by atoms with Gasteiger partial charge in [0.05, 0.1) is 0 Å². The van der Waals surface area contributed by atoms with Crippen molar-refractivity contribution >= 4 is 0 Å². The van der Waals surface area contributed by atoms with Gasteiger partial charge in [-0.1, -0.05) is 6.07 Å². The lowest BCUT2D eigenvalue weighted by atomic mass is 9.89. The van der Waals surface area contributed by atoms with Crippen molar-refractivity contribution in [1.82, 2.24) is 4.90 Å². The van der Waals surface area contributed by atoms with Gasteiger partial charge in [0.1, 0.15) is 11.6 Å². The largest absolute Gasteiger partial charge is 0.328 e. The van der Waals surface area contributed by atoms with Gasteiger partial charge in [-0.3, -0.25) is 4.90 Å². The summed E-state index contributed by atoms with van der Waals surface area (Å²) >= 11 is 0. The summed E-state index contributed by atoms with van der Waals surface area (Å²) in [6.07, 6.45) is 4.14. The fourth-order valence-electron chi connectivity index (χ4n) is 2.88. The highest BCUT2D eigenvalue weighted by Gasteiger charge is 2.26. The van der Waals surface area contributed by atoms with E-state index in [9.17, 15) is 8.78 Å². The highest BCUT2D eigenvalue weighted by atomic mass is 19.1. The van der Waals surface area contributed by atoms with E-state index in [1.807, 2.05) is 14.0 Å². The number of halogens is 2. The molecule has 0 heterocycles. The van der Waals surface area contributed by atoms with Crippen molar-refractivity contribution in [2.75, 3.05) is 7.05 Å². The summed E-state index contributed by atoms with van der Waals surface area (Å²) in [6.45, 7) is 1.96. The zero-order valence-electron chi connectivity index (χ0n) is 11.6. The van der Waals surface area contributed by atoms with Crippen LogP contribution in [-0.2, 0) is 0 Å². The molecule has 2 nitrogen and oxygen atoms in total. The fourth-order valence-corrected chi connectivity index (χ4v) is 2.88. The molecule has 0 radical (unpaired) electrons. The highest BCUT2D eigenvalue weighted by Crippen LogP contribution is 2.29. The van der Waals surface area contributed by atoms with Crippen molar-refractivity contribution in [2.24, 2.45) is 5.73 Å². The lowest BCUT2D eigenvalue weighted by molar-refractivity contribution is 0.138. The van der Waals surface area contributed by atoms with Gasteiger partial charge in [0, 0.05) is 29.8 Å². The van der Waals surface area contributed by atoms with Crippen molar-refractivity contribution in [1.29, 1.82) is 0 Å². The molecular weight excluding hydrogens is 246 g/mol. The van der Waals surface area contributed by atoms with E-state index < -0.39 is 11.6 Å². The highest BCUT2D eigenvalue weighted by molar-refractivity contribution is 5.21. The first-order valence-electron chi connectivity index (χ1n) is 6.91. The minimum Gasteiger partial charge on any atom is -0.328 e. The average Bonchev–Trinajstić information content (AvgIpc) is 2.38. The van der Waals surface area contributed by atoms with Gasteiger partial charge in [0.15, 0.2) is 0 Å². The number of hydrogen-bond donors (Lipinski definition) is 1. The van der Waals surface area contributed by atoms with Gasteiger partial charge < -0.3 is 5.73 Å². The molecule has 1 fully saturated rings. The molecule has 1 unspecified atom stereocenters. The van der Waals surface area contributed by atoms with E-state index in [0.29, 0.717) is 17.6 Å². The molecule has 1 aromatic carbocycles. The van der Waals surface area contributed by atoms with Gasteiger partial charge >= 0.3 is 0 Å². The first kappa shape index (κ1) is 14.4. The van der Waals surface area contributed by atoms with Gasteiger partial charge in [-0.2, -0.15) is 0 Å². The Morgan fingerprint density at radius 3 is 2.42 bits per heavy atom. The molecule has 0 aromatic heterocycles. The fraction of sp³-hybridized carbons (Fsp3) is 0.600. The van der Waals surface area contributed by atoms with E-state index in [1.165, 1.54) is 6.07 Å². The molecule has 106 valence electrons. The van der Waals surface area contributed by atoms with Gasteiger partial charge in [-0.15, -0.1) is 0 Å². The molecule has 4 heteroatoms. The summed E-state index contributed by atoms with van der Waals surface area (Å²) in [5, 5.41) is 0. The third-order valence-electron chi connectivity index (χ3n) is 4.34. The van der Waals surface area contributed by atoms with Crippen LogP contribution in [0.3, 0.4) is 0 Å². The van der Waals surface area contributed by atoms with Crippen LogP contribution in [0.15, 0.2) is 18.2 Å². The molecule has 0 aliphatic heterocycles. The number of rotatable bonds is 3. The molecule has 1 aliphatic rings. The maximum absolute atomic E-state index is 13.8. The normalized spacial score (nSPS) is 25.6. The van der Waals surface area contributed by atoms with Crippen LogP contribution in [0.1, 0.15) is 44.2 Å². The first-order valence-corrected chi connectivity index (χ1v) is 6.91. The van der Waals surface area contributed by atoms with Crippen LogP contribution in [0.2, 0.25) is 0 Å². The smallest absolute Gasteiger partial charge is 0.130 e. The summed E-state index contributed by atoms with van der Waals surface area (Å²) in [4.78, 5) is 2.18. The third-order valence-corrected chi connectivity index (χ3v) is 4.34. The molecule has 1 aromatic rings. The van der Waals surface area contributed by atoms with Crippen LogP contribution in [0.5, 0.6) is 0 Å². The molecule has 0 amide bonds. The van der Waals surface area contributed by atoms with Crippen molar-refractivity contribution in [3.63, 3.8) is 0 Å². The van der Waals surface area contributed by atoms with Gasteiger partial charge in [0.25, 0.3) is 0 Å². The average molecular weight is 268 g/mol. The molecule has 1 atom stereocenters. The zero-order valence-corrected chi connectivity index (χ0v) is 11.6. The van der Waals surface area contributed by atoms with Crippen LogP contribution >= 0.6 is 0 Å². The summed E-state index contributed by atoms with van der Waals surface area (Å²) in [7, 11) is 2.01. The SMILES string of the molecule is CC(c1ccc(F)cc1F)N(C)C1CCC(N)CC1.